The first kappa shape index (κ1) is 21.7. The second-order valence-corrected chi connectivity index (χ2v) is 9.91. The molecule has 0 bridgehead atoms. The third kappa shape index (κ3) is 6.53. The standard InChI is InChI=1S/C20H27N3O4S/c1-19(2,3)16-9-7-14(8-10-16)15-11-17(13-21-12-15)22-28(25,26)23-18(24)27-20(4,5)6/h7-13,22H,1-6H3,(H,23,24). The highest BCUT2D eigenvalue weighted by Crippen LogP contribution is 2.27. The maximum atomic E-state index is 12.1. The maximum Gasteiger partial charge on any atom is 0.422 e. The number of hydrogen-bond donors (Lipinski definition) is 2. The van der Waals surface area contributed by atoms with Crippen molar-refractivity contribution in [1.29, 1.82) is 0 Å². The summed E-state index contributed by atoms with van der Waals surface area (Å²) in [7, 11) is -4.15. The van der Waals surface area contributed by atoms with Crippen LogP contribution in [0.3, 0.4) is 0 Å². The third-order valence-electron chi connectivity index (χ3n) is 3.69. The highest BCUT2D eigenvalue weighted by molar-refractivity contribution is 7.91. The highest BCUT2D eigenvalue weighted by Gasteiger charge is 2.21. The zero-order valence-electron chi connectivity index (χ0n) is 17.0. The van der Waals surface area contributed by atoms with E-state index in [4.69, 9.17) is 4.74 Å². The van der Waals surface area contributed by atoms with Gasteiger partial charge in [-0.15, -0.1) is 0 Å². The molecule has 0 saturated carbocycles. The maximum absolute atomic E-state index is 12.1. The zero-order valence-corrected chi connectivity index (χ0v) is 17.8. The van der Waals surface area contributed by atoms with E-state index in [1.54, 1.807) is 33.0 Å². The van der Waals surface area contributed by atoms with Gasteiger partial charge in [-0.2, -0.15) is 8.42 Å². The average Bonchev–Trinajstić information content (AvgIpc) is 2.51. The van der Waals surface area contributed by atoms with Crippen LogP contribution in [0.25, 0.3) is 11.1 Å². The van der Waals surface area contributed by atoms with Gasteiger partial charge >= 0.3 is 16.3 Å². The number of pyridine rings is 1. The van der Waals surface area contributed by atoms with E-state index in [0.29, 0.717) is 0 Å². The molecule has 2 N–H and O–H groups in total. The van der Waals surface area contributed by atoms with Crippen LogP contribution in [0.4, 0.5) is 10.5 Å². The van der Waals surface area contributed by atoms with Gasteiger partial charge in [0.2, 0.25) is 0 Å². The fourth-order valence-electron chi connectivity index (χ4n) is 2.41. The number of aromatic nitrogens is 1. The molecule has 0 fully saturated rings. The summed E-state index contributed by atoms with van der Waals surface area (Å²) in [6.45, 7) is 11.3. The summed E-state index contributed by atoms with van der Waals surface area (Å²) >= 11 is 0. The molecule has 8 heteroatoms. The third-order valence-corrected chi connectivity index (χ3v) is 4.63. The quantitative estimate of drug-likeness (QED) is 0.793. The van der Waals surface area contributed by atoms with E-state index < -0.39 is 21.9 Å². The Hall–Kier alpha value is -2.61. The van der Waals surface area contributed by atoms with Crippen molar-refractivity contribution in [3.05, 3.63) is 48.3 Å². The number of nitrogens with one attached hydrogen (secondary N) is 2. The molecule has 0 radical (unpaired) electrons. The Bertz CT molecular complexity index is 941. The van der Waals surface area contributed by atoms with Crippen LogP contribution in [-0.2, 0) is 20.4 Å². The average molecular weight is 406 g/mol. The number of ether oxygens (including phenoxy) is 1. The summed E-state index contributed by atoms with van der Waals surface area (Å²) in [5, 5.41) is 0. The molecule has 7 nitrogen and oxygen atoms in total. The smallest absolute Gasteiger partial charge is 0.422 e. The SMILES string of the molecule is CC(C)(C)OC(=O)NS(=O)(=O)Nc1cncc(-c2ccc(C(C)(C)C)cc2)c1. The lowest BCUT2D eigenvalue weighted by molar-refractivity contribution is 0.0570. The second kappa shape index (κ2) is 7.79. The van der Waals surface area contributed by atoms with E-state index in [0.717, 1.165) is 11.1 Å². The fraction of sp³-hybridized carbons (Fsp3) is 0.400. The monoisotopic (exact) mass is 405 g/mol. The van der Waals surface area contributed by atoms with Gasteiger partial charge in [-0.25, -0.2) is 9.52 Å². The number of carbonyl (C=O) groups excluding carboxylic acids is 1. The Labute approximate surface area is 166 Å². The number of amides is 1. The second-order valence-electron chi connectivity index (χ2n) is 8.50. The number of nitrogens with zero attached hydrogens (tertiary/aromatic N) is 1. The molecule has 0 aliphatic carbocycles. The molecule has 1 heterocycles. The van der Waals surface area contributed by atoms with Gasteiger partial charge in [0.15, 0.2) is 0 Å². The molecule has 2 aromatic rings. The molecule has 152 valence electrons. The molecule has 0 spiro atoms. The first-order valence-electron chi connectivity index (χ1n) is 8.85. The minimum Gasteiger partial charge on any atom is -0.443 e. The van der Waals surface area contributed by atoms with Crippen LogP contribution >= 0.6 is 0 Å². The van der Waals surface area contributed by atoms with Crippen molar-refractivity contribution in [3.8, 4) is 11.1 Å². The normalized spacial score (nSPS) is 12.4. The van der Waals surface area contributed by atoms with Crippen LogP contribution in [0, 0.1) is 0 Å². The Morgan fingerprint density at radius 1 is 0.964 bits per heavy atom. The minimum absolute atomic E-state index is 0.0432. The van der Waals surface area contributed by atoms with E-state index in [-0.39, 0.29) is 11.1 Å². The summed E-state index contributed by atoms with van der Waals surface area (Å²) in [6.07, 6.45) is 1.95. The molecular formula is C20H27N3O4S. The van der Waals surface area contributed by atoms with Gasteiger partial charge in [0.1, 0.15) is 5.60 Å². The summed E-state index contributed by atoms with van der Waals surface area (Å²) in [5.74, 6) is 0. The molecular weight excluding hydrogens is 378 g/mol. The van der Waals surface area contributed by atoms with Crippen molar-refractivity contribution in [1.82, 2.24) is 9.71 Å². The van der Waals surface area contributed by atoms with Gasteiger partial charge in [0.25, 0.3) is 0 Å². The van der Waals surface area contributed by atoms with Crippen molar-refractivity contribution in [2.75, 3.05) is 4.72 Å². The molecule has 0 aliphatic heterocycles. The first-order chi connectivity index (χ1) is 12.8. The lowest BCUT2D eigenvalue weighted by Gasteiger charge is -2.20. The van der Waals surface area contributed by atoms with E-state index in [2.05, 4.69) is 30.5 Å². The van der Waals surface area contributed by atoms with Crippen molar-refractivity contribution in [2.45, 2.75) is 52.6 Å². The summed E-state index contributed by atoms with van der Waals surface area (Å²) in [5.41, 5.74) is 2.32. The van der Waals surface area contributed by atoms with Crippen molar-refractivity contribution >= 4 is 22.0 Å². The number of hydrogen-bond acceptors (Lipinski definition) is 5. The zero-order chi connectivity index (χ0) is 21.2. The van der Waals surface area contributed by atoms with Gasteiger partial charge in [-0.1, -0.05) is 45.0 Å². The van der Waals surface area contributed by atoms with Crippen LogP contribution in [0.15, 0.2) is 42.7 Å². The van der Waals surface area contributed by atoms with Crippen molar-refractivity contribution in [3.63, 3.8) is 0 Å². The Morgan fingerprint density at radius 3 is 2.11 bits per heavy atom. The van der Waals surface area contributed by atoms with E-state index >= 15 is 0 Å². The van der Waals surface area contributed by atoms with Gasteiger partial charge < -0.3 is 4.74 Å². The van der Waals surface area contributed by atoms with Gasteiger partial charge in [-0.05, 0) is 43.4 Å². The number of rotatable bonds is 4. The van der Waals surface area contributed by atoms with Crippen LogP contribution in [0.1, 0.15) is 47.1 Å². The number of benzene rings is 1. The first-order valence-corrected chi connectivity index (χ1v) is 10.3. The van der Waals surface area contributed by atoms with Gasteiger partial charge in [0, 0.05) is 11.8 Å². The van der Waals surface area contributed by atoms with Crippen LogP contribution < -0.4 is 9.44 Å². The molecule has 1 aromatic carbocycles. The summed E-state index contributed by atoms with van der Waals surface area (Å²) in [4.78, 5) is 15.8. The van der Waals surface area contributed by atoms with E-state index in [1.807, 2.05) is 29.0 Å². The van der Waals surface area contributed by atoms with E-state index in [9.17, 15) is 13.2 Å². The molecule has 1 aromatic heterocycles. The van der Waals surface area contributed by atoms with Crippen LogP contribution in [0.2, 0.25) is 0 Å². The minimum atomic E-state index is -4.15. The molecule has 1 amide bonds. The molecule has 0 saturated heterocycles. The molecule has 0 atom stereocenters. The Balaban J connectivity index is 2.16. The lowest BCUT2D eigenvalue weighted by atomic mass is 9.86. The number of anilines is 1. The van der Waals surface area contributed by atoms with Crippen LogP contribution in [0.5, 0.6) is 0 Å². The predicted octanol–water partition coefficient (Wildman–Crippen LogP) is 4.23. The highest BCUT2D eigenvalue weighted by atomic mass is 32.2. The molecule has 0 unspecified atom stereocenters. The summed E-state index contributed by atoms with van der Waals surface area (Å²) < 4.78 is 33.3. The van der Waals surface area contributed by atoms with Gasteiger partial charge in [0.05, 0.1) is 11.9 Å². The topological polar surface area (TPSA) is 97.4 Å². The summed E-state index contributed by atoms with van der Waals surface area (Å²) in [6, 6.07) is 9.66. The Kier molecular flexibility index (Phi) is 6.03. The van der Waals surface area contributed by atoms with E-state index in [1.165, 1.54) is 11.8 Å². The molecule has 2 rings (SSSR count). The fourth-order valence-corrected chi connectivity index (χ4v) is 3.14. The molecule has 0 aliphatic rings. The van der Waals surface area contributed by atoms with Crippen molar-refractivity contribution in [2.24, 2.45) is 0 Å². The predicted molar refractivity (Wildman–Crippen MR) is 110 cm³/mol. The van der Waals surface area contributed by atoms with Gasteiger partial charge in [-0.3, -0.25) is 9.71 Å². The van der Waals surface area contributed by atoms with Crippen LogP contribution in [-0.4, -0.2) is 25.1 Å². The largest absolute Gasteiger partial charge is 0.443 e. The molecule has 28 heavy (non-hydrogen) atoms. The lowest BCUT2D eigenvalue weighted by Crippen LogP contribution is -2.39. The number of carbonyl (C=O) groups is 1. The van der Waals surface area contributed by atoms with Crippen molar-refractivity contribution < 1.29 is 17.9 Å². The Morgan fingerprint density at radius 2 is 1.57 bits per heavy atom.